The van der Waals surface area contributed by atoms with Crippen molar-refractivity contribution < 1.29 is 9.18 Å². The summed E-state index contributed by atoms with van der Waals surface area (Å²) in [5.41, 5.74) is 1.48. The first-order valence-corrected chi connectivity index (χ1v) is 5.97. The molecule has 18 heavy (non-hydrogen) atoms. The number of halogens is 2. The van der Waals surface area contributed by atoms with Gasteiger partial charge < -0.3 is 5.32 Å². The van der Waals surface area contributed by atoms with Gasteiger partial charge in [-0.05, 0) is 46.3 Å². The van der Waals surface area contributed by atoms with E-state index in [1.54, 1.807) is 30.3 Å². The van der Waals surface area contributed by atoms with Crippen LogP contribution in [0.1, 0.15) is 10.4 Å². The van der Waals surface area contributed by atoms with Gasteiger partial charge in [-0.2, -0.15) is 0 Å². The van der Waals surface area contributed by atoms with E-state index >= 15 is 0 Å². The van der Waals surface area contributed by atoms with E-state index in [1.165, 1.54) is 12.1 Å². The molecule has 0 atom stereocenters. The summed E-state index contributed by atoms with van der Waals surface area (Å²) in [6.07, 6.45) is 0. The van der Waals surface area contributed by atoms with Gasteiger partial charge in [0.15, 0.2) is 0 Å². The van der Waals surface area contributed by atoms with Crippen molar-refractivity contribution in [1.29, 1.82) is 0 Å². The maximum Gasteiger partial charge on any atom is 0.255 e. The zero-order valence-corrected chi connectivity index (χ0v) is 10.9. The molecule has 2 rings (SSSR count). The summed E-state index contributed by atoms with van der Waals surface area (Å²) in [4.78, 5) is 11.8. The molecule has 0 fully saturated rings. The maximum absolute atomic E-state index is 13.3. The highest BCUT2D eigenvalue weighted by Gasteiger charge is 2.08. The zero-order valence-electron chi connectivity index (χ0n) is 9.28. The fourth-order valence-electron chi connectivity index (χ4n) is 1.41. The number of carbonyl (C=O) groups excluding carboxylic acids is 1. The van der Waals surface area contributed by atoms with Crippen LogP contribution in [0.2, 0.25) is 0 Å². The van der Waals surface area contributed by atoms with E-state index < -0.39 is 5.82 Å². The van der Waals surface area contributed by atoms with Crippen LogP contribution in [0.25, 0.3) is 0 Å². The number of benzene rings is 2. The first kappa shape index (κ1) is 12.8. The molecule has 0 heterocycles. The fourth-order valence-corrected chi connectivity index (χ4v) is 1.65. The zero-order chi connectivity index (χ0) is 13.1. The van der Waals surface area contributed by atoms with E-state index in [0.717, 1.165) is 0 Å². The standard InChI is InChI=1S/C13H8BBrFNO/c14-9-2-4-10(5-3-9)17-13(18)8-1-6-11(15)12(16)7-8/h1-7H,(H,17,18). The minimum atomic E-state index is -0.472. The van der Waals surface area contributed by atoms with Gasteiger partial charge in [0.2, 0.25) is 0 Å². The molecule has 0 aliphatic heterocycles. The van der Waals surface area contributed by atoms with Gasteiger partial charge in [0.1, 0.15) is 13.7 Å². The summed E-state index contributed by atoms with van der Waals surface area (Å²) < 4.78 is 13.6. The summed E-state index contributed by atoms with van der Waals surface area (Å²) in [6.45, 7) is 0. The van der Waals surface area contributed by atoms with Crippen molar-refractivity contribution >= 4 is 40.8 Å². The molecule has 2 radical (unpaired) electrons. The van der Waals surface area contributed by atoms with Gasteiger partial charge in [0, 0.05) is 11.3 Å². The summed E-state index contributed by atoms with van der Waals surface area (Å²) in [5, 5.41) is 2.66. The van der Waals surface area contributed by atoms with Crippen LogP contribution < -0.4 is 10.8 Å². The van der Waals surface area contributed by atoms with E-state index in [0.29, 0.717) is 15.6 Å². The molecule has 0 aliphatic carbocycles. The smallest absolute Gasteiger partial charge is 0.255 e. The highest BCUT2D eigenvalue weighted by Crippen LogP contribution is 2.17. The topological polar surface area (TPSA) is 29.1 Å². The lowest BCUT2D eigenvalue weighted by Crippen LogP contribution is -2.13. The lowest BCUT2D eigenvalue weighted by Gasteiger charge is -2.06. The second-order valence-electron chi connectivity index (χ2n) is 3.71. The number of hydrogen-bond donors (Lipinski definition) is 1. The average Bonchev–Trinajstić information content (AvgIpc) is 2.35. The van der Waals surface area contributed by atoms with Gasteiger partial charge in [0.05, 0.1) is 4.47 Å². The summed E-state index contributed by atoms with van der Waals surface area (Å²) in [6, 6.07) is 10.9. The predicted octanol–water partition coefficient (Wildman–Crippen LogP) is 2.63. The Morgan fingerprint density at radius 1 is 1.17 bits per heavy atom. The number of nitrogens with one attached hydrogen (secondary N) is 1. The van der Waals surface area contributed by atoms with Gasteiger partial charge in [0.25, 0.3) is 5.91 Å². The molecular formula is C13H8BBrFNO. The quantitative estimate of drug-likeness (QED) is 0.849. The second kappa shape index (κ2) is 5.35. The average molecular weight is 304 g/mol. The minimum Gasteiger partial charge on any atom is -0.322 e. The lowest BCUT2D eigenvalue weighted by atomic mass is 9.96. The van der Waals surface area contributed by atoms with Gasteiger partial charge in [-0.3, -0.25) is 4.79 Å². The summed E-state index contributed by atoms with van der Waals surface area (Å²) in [5.74, 6) is -0.842. The molecule has 0 unspecified atom stereocenters. The maximum atomic E-state index is 13.3. The van der Waals surface area contributed by atoms with Crippen LogP contribution in [0.15, 0.2) is 46.9 Å². The molecule has 0 aromatic heterocycles. The van der Waals surface area contributed by atoms with E-state index in [-0.39, 0.29) is 11.5 Å². The SMILES string of the molecule is [B]c1ccc(NC(=O)c2ccc(Br)c(F)c2)cc1. The second-order valence-corrected chi connectivity index (χ2v) is 4.56. The molecule has 5 heteroatoms. The molecule has 0 aliphatic rings. The Morgan fingerprint density at radius 2 is 1.83 bits per heavy atom. The molecular weight excluding hydrogens is 296 g/mol. The van der Waals surface area contributed by atoms with Crippen LogP contribution in [0, 0.1) is 5.82 Å². The Labute approximate surface area is 114 Å². The number of rotatable bonds is 2. The highest BCUT2D eigenvalue weighted by atomic mass is 79.9. The lowest BCUT2D eigenvalue weighted by molar-refractivity contribution is 0.102. The molecule has 0 saturated carbocycles. The van der Waals surface area contributed by atoms with E-state index in [4.69, 9.17) is 7.85 Å². The normalized spacial score (nSPS) is 10.1. The van der Waals surface area contributed by atoms with Crippen LogP contribution >= 0.6 is 15.9 Å². The van der Waals surface area contributed by atoms with Gasteiger partial charge >= 0.3 is 0 Å². The van der Waals surface area contributed by atoms with Gasteiger partial charge in [-0.1, -0.05) is 17.6 Å². The van der Waals surface area contributed by atoms with Crippen LogP contribution in [0.3, 0.4) is 0 Å². The first-order chi connectivity index (χ1) is 8.56. The fraction of sp³-hybridized carbons (Fsp3) is 0. The third-order valence-electron chi connectivity index (χ3n) is 2.35. The third-order valence-corrected chi connectivity index (χ3v) is 2.99. The van der Waals surface area contributed by atoms with E-state index in [1.807, 2.05) is 0 Å². The first-order valence-electron chi connectivity index (χ1n) is 5.18. The largest absolute Gasteiger partial charge is 0.322 e. The molecule has 2 nitrogen and oxygen atoms in total. The van der Waals surface area contributed by atoms with E-state index in [2.05, 4.69) is 21.2 Å². The van der Waals surface area contributed by atoms with Gasteiger partial charge in [-0.25, -0.2) is 4.39 Å². The van der Waals surface area contributed by atoms with Crippen LogP contribution in [-0.4, -0.2) is 13.8 Å². The molecule has 88 valence electrons. The van der Waals surface area contributed by atoms with Gasteiger partial charge in [-0.15, -0.1) is 0 Å². The molecule has 1 N–H and O–H groups in total. The van der Waals surface area contributed by atoms with E-state index in [9.17, 15) is 9.18 Å². The molecule has 0 spiro atoms. The summed E-state index contributed by atoms with van der Waals surface area (Å²) >= 11 is 3.03. The van der Waals surface area contributed by atoms with Crippen molar-refractivity contribution in [2.24, 2.45) is 0 Å². The van der Waals surface area contributed by atoms with Crippen LogP contribution in [0.4, 0.5) is 10.1 Å². The Morgan fingerprint density at radius 3 is 2.44 bits per heavy atom. The number of anilines is 1. The van der Waals surface area contributed by atoms with Crippen molar-refractivity contribution in [1.82, 2.24) is 0 Å². The number of amides is 1. The molecule has 1 amide bonds. The monoisotopic (exact) mass is 303 g/mol. The summed E-state index contributed by atoms with van der Waals surface area (Å²) in [7, 11) is 5.54. The Kier molecular flexibility index (Phi) is 3.82. The van der Waals surface area contributed by atoms with Crippen molar-refractivity contribution in [3.05, 3.63) is 58.3 Å². The number of hydrogen-bond acceptors (Lipinski definition) is 1. The molecule has 2 aromatic rings. The van der Waals surface area contributed by atoms with Crippen molar-refractivity contribution in [2.75, 3.05) is 5.32 Å². The number of carbonyl (C=O) groups is 1. The minimum absolute atomic E-state index is 0.257. The molecule has 2 aromatic carbocycles. The predicted molar refractivity (Wildman–Crippen MR) is 73.9 cm³/mol. The van der Waals surface area contributed by atoms with Crippen LogP contribution in [0.5, 0.6) is 0 Å². The highest BCUT2D eigenvalue weighted by molar-refractivity contribution is 9.10. The van der Waals surface area contributed by atoms with Crippen LogP contribution in [-0.2, 0) is 0 Å². The third kappa shape index (κ3) is 2.98. The van der Waals surface area contributed by atoms with Crippen molar-refractivity contribution in [3.63, 3.8) is 0 Å². The Hall–Kier alpha value is -1.62. The molecule has 0 saturated heterocycles. The molecule has 0 bridgehead atoms. The van der Waals surface area contributed by atoms with Crippen molar-refractivity contribution in [3.8, 4) is 0 Å². The van der Waals surface area contributed by atoms with Crippen molar-refractivity contribution in [2.45, 2.75) is 0 Å². The Bertz CT molecular complexity index is 586. The Balaban J connectivity index is 2.16.